The number of ketones is 3. The summed E-state index contributed by atoms with van der Waals surface area (Å²) in [4.78, 5) is 43.4. The van der Waals surface area contributed by atoms with Gasteiger partial charge in [-0.2, -0.15) is 22.0 Å². The lowest BCUT2D eigenvalue weighted by molar-refractivity contribution is -0.290. The third kappa shape index (κ3) is 3.19. The fraction of sp³-hybridized carbons (Fsp3) is 0.353. The molecule has 10 heteroatoms. The largest absolute Gasteiger partial charge is 0.459 e. The van der Waals surface area contributed by atoms with Gasteiger partial charge < -0.3 is 0 Å². The summed E-state index contributed by atoms with van der Waals surface area (Å²) in [5.74, 6) is -10.4. The first-order valence-electron chi connectivity index (χ1n) is 7.84. The van der Waals surface area contributed by atoms with Gasteiger partial charge in [-0.3, -0.25) is 14.4 Å². The molecule has 1 aliphatic carbocycles. The van der Waals surface area contributed by atoms with Gasteiger partial charge >= 0.3 is 12.1 Å². The molecule has 0 radical (unpaired) electrons. The highest BCUT2D eigenvalue weighted by Crippen LogP contribution is 2.45. The summed E-state index contributed by atoms with van der Waals surface area (Å²) in [5, 5.41) is 0.0262. The van der Waals surface area contributed by atoms with Gasteiger partial charge in [-0.25, -0.2) is 9.97 Å². The highest BCUT2D eigenvalue weighted by molar-refractivity contribution is 6.25. The zero-order valence-electron chi connectivity index (χ0n) is 13.5. The average molecular weight is 386 g/mol. The molecule has 2 aromatic heterocycles. The Morgan fingerprint density at radius 1 is 1.07 bits per heavy atom. The smallest absolute Gasteiger partial charge is 0.298 e. The zero-order chi connectivity index (χ0) is 20.0. The highest BCUT2D eigenvalue weighted by atomic mass is 19.4. The monoisotopic (exact) mass is 386 g/mol. The Morgan fingerprint density at radius 3 is 2.30 bits per heavy atom. The minimum atomic E-state index is -6.03. The second-order valence-corrected chi connectivity index (χ2v) is 6.09. The lowest BCUT2D eigenvalue weighted by Crippen LogP contribution is -2.39. The Labute approximate surface area is 148 Å². The molecule has 142 valence electrons. The molecule has 0 aromatic carbocycles. The number of alkyl halides is 5. The predicted molar refractivity (Wildman–Crippen MR) is 81.2 cm³/mol. The van der Waals surface area contributed by atoms with Gasteiger partial charge in [0.15, 0.2) is 23.0 Å². The normalized spacial score (nSPS) is 16.8. The number of rotatable bonds is 3. The van der Waals surface area contributed by atoms with E-state index in [-0.39, 0.29) is 24.6 Å². The summed E-state index contributed by atoms with van der Waals surface area (Å²) >= 11 is 0. The molecule has 1 fully saturated rings. The molecule has 5 nitrogen and oxygen atoms in total. The van der Waals surface area contributed by atoms with Crippen molar-refractivity contribution in [3.63, 3.8) is 0 Å². The van der Waals surface area contributed by atoms with Crippen LogP contribution in [-0.4, -0.2) is 33.5 Å². The molecular formula is C17H11F5N2O3. The van der Waals surface area contributed by atoms with Crippen LogP contribution in [0, 0.1) is 5.92 Å². The summed E-state index contributed by atoms with van der Waals surface area (Å²) in [6.45, 7) is 0. The number of fused-ring (bicyclic) bond motifs is 1. The number of halogens is 5. The number of nitrogens with zero attached hydrogens (tertiary/aromatic N) is 2. The van der Waals surface area contributed by atoms with E-state index < -0.39 is 52.3 Å². The van der Waals surface area contributed by atoms with Crippen LogP contribution in [0.5, 0.6) is 0 Å². The molecule has 0 spiro atoms. The maximum atomic E-state index is 14.0. The Bertz CT molecular complexity index is 939. The van der Waals surface area contributed by atoms with Gasteiger partial charge in [0.05, 0.1) is 0 Å². The number of aromatic nitrogens is 2. The predicted octanol–water partition coefficient (Wildman–Crippen LogP) is 3.40. The quantitative estimate of drug-likeness (QED) is 0.459. The van der Waals surface area contributed by atoms with E-state index in [2.05, 4.69) is 9.97 Å². The van der Waals surface area contributed by atoms with Crippen LogP contribution in [0.4, 0.5) is 22.0 Å². The van der Waals surface area contributed by atoms with Crippen molar-refractivity contribution in [3.8, 4) is 0 Å². The van der Waals surface area contributed by atoms with Crippen LogP contribution in [0.15, 0.2) is 24.4 Å². The van der Waals surface area contributed by atoms with E-state index in [4.69, 9.17) is 0 Å². The van der Waals surface area contributed by atoms with E-state index in [0.717, 1.165) is 12.3 Å². The van der Waals surface area contributed by atoms with E-state index in [9.17, 15) is 36.3 Å². The van der Waals surface area contributed by atoms with Crippen LogP contribution >= 0.6 is 0 Å². The molecule has 0 saturated heterocycles. The Balaban J connectivity index is 2.24. The average Bonchev–Trinajstić information content (AvgIpc) is 2.59. The standard InChI is InChI=1S/C17H11F5N2O3/c18-16(19,17(20,21)22)14-9(7-8-3-2-6-23-15(8)24-14)13(27)12-10(25)4-1-5-11(12)26/h2-3,6-7,12H,1,4-5H2. The minimum absolute atomic E-state index is 0.0262. The van der Waals surface area contributed by atoms with Crippen molar-refractivity contribution in [2.24, 2.45) is 5.92 Å². The zero-order valence-corrected chi connectivity index (χ0v) is 13.5. The van der Waals surface area contributed by atoms with Gasteiger partial charge in [0.25, 0.3) is 0 Å². The van der Waals surface area contributed by atoms with Crippen molar-refractivity contribution in [1.82, 2.24) is 9.97 Å². The van der Waals surface area contributed by atoms with Crippen LogP contribution in [0.25, 0.3) is 11.0 Å². The van der Waals surface area contributed by atoms with Crippen LogP contribution in [-0.2, 0) is 15.5 Å². The van der Waals surface area contributed by atoms with E-state index in [1.165, 1.54) is 12.1 Å². The van der Waals surface area contributed by atoms with Gasteiger partial charge in [0, 0.05) is 30.0 Å². The van der Waals surface area contributed by atoms with Crippen molar-refractivity contribution in [2.45, 2.75) is 31.4 Å². The van der Waals surface area contributed by atoms with Crippen LogP contribution in [0.2, 0.25) is 0 Å². The first-order chi connectivity index (χ1) is 12.5. The Kier molecular flexibility index (Phi) is 4.52. The summed E-state index contributed by atoms with van der Waals surface area (Å²) in [6.07, 6.45) is -4.95. The molecule has 0 atom stereocenters. The molecule has 1 saturated carbocycles. The second kappa shape index (κ2) is 6.43. The number of hydrogen-bond donors (Lipinski definition) is 0. The van der Waals surface area contributed by atoms with Crippen molar-refractivity contribution in [2.75, 3.05) is 0 Å². The van der Waals surface area contributed by atoms with Crippen LogP contribution in [0.3, 0.4) is 0 Å². The lowest BCUT2D eigenvalue weighted by Gasteiger charge is -2.23. The molecule has 0 N–H and O–H groups in total. The molecule has 0 aliphatic heterocycles. The van der Waals surface area contributed by atoms with E-state index >= 15 is 0 Å². The van der Waals surface area contributed by atoms with Gasteiger partial charge in [-0.05, 0) is 24.6 Å². The molecule has 3 rings (SSSR count). The molecule has 0 bridgehead atoms. The molecule has 0 amide bonds. The topological polar surface area (TPSA) is 77.0 Å². The minimum Gasteiger partial charge on any atom is -0.298 e. The maximum absolute atomic E-state index is 14.0. The van der Waals surface area contributed by atoms with E-state index in [0.29, 0.717) is 0 Å². The molecular weight excluding hydrogens is 375 g/mol. The third-order valence-corrected chi connectivity index (χ3v) is 4.26. The number of pyridine rings is 2. The first-order valence-corrected chi connectivity index (χ1v) is 7.84. The lowest BCUT2D eigenvalue weighted by atomic mass is 9.81. The maximum Gasteiger partial charge on any atom is 0.459 e. The molecule has 2 heterocycles. The van der Waals surface area contributed by atoms with E-state index in [1.807, 2.05) is 0 Å². The van der Waals surface area contributed by atoms with Gasteiger partial charge in [0.2, 0.25) is 0 Å². The fourth-order valence-corrected chi connectivity index (χ4v) is 2.92. The van der Waals surface area contributed by atoms with Crippen molar-refractivity contribution < 1.29 is 36.3 Å². The molecule has 27 heavy (non-hydrogen) atoms. The van der Waals surface area contributed by atoms with Crippen molar-refractivity contribution in [1.29, 1.82) is 0 Å². The third-order valence-electron chi connectivity index (χ3n) is 4.26. The van der Waals surface area contributed by atoms with Crippen LogP contribution in [0.1, 0.15) is 35.3 Å². The first kappa shape index (κ1) is 19.0. The summed E-state index contributed by atoms with van der Waals surface area (Å²) in [7, 11) is 0. The molecule has 0 unspecified atom stereocenters. The second-order valence-electron chi connectivity index (χ2n) is 6.09. The van der Waals surface area contributed by atoms with Crippen molar-refractivity contribution in [3.05, 3.63) is 35.7 Å². The summed E-state index contributed by atoms with van der Waals surface area (Å²) in [6, 6.07) is 3.45. The van der Waals surface area contributed by atoms with Crippen molar-refractivity contribution >= 4 is 28.4 Å². The van der Waals surface area contributed by atoms with Crippen LogP contribution < -0.4 is 0 Å². The fourth-order valence-electron chi connectivity index (χ4n) is 2.92. The number of carbonyl (C=O) groups excluding carboxylic acids is 3. The van der Waals surface area contributed by atoms with Gasteiger partial charge in [-0.1, -0.05) is 0 Å². The van der Waals surface area contributed by atoms with E-state index in [1.54, 1.807) is 0 Å². The number of hydrogen-bond acceptors (Lipinski definition) is 5. The number of carbonyl (C=O) groups is 3. The van der Waals surface area contributed by atoms with Gasteiger partial charge in [-0.15, -0.1) is 0 Å². The summed E-state index contributed by atoms with van der Waals surface area (Å²) in [5.41, 5.74) is -3.39. The highest BCUT2D eigenvalue weighted by Gasteiger charge is 2.61. The SMILES string of the molecule is O=C1CCCC(=O)C1C(=O)c1cc2cccnc2nc1C(F)(F)C(F)(F)F. The summed E-state index contributed by atoms with van der Waals surface area (Å²) < 4.78 is 66.8. The number of Topliss-reactive ketones (excluding diaryl/α,β-unsaturated/α-hetero) is 3. The molecule has 1 aliphatic rings. The molecule has 2 aromatic rings. The Hall–Kier alpha value is -2.78. The van der Waals surface area contributed by atoms with Gasteiger partial charge in [0.1, 0.15) is 11.6 Å². The Morgan fingerprint density at radius 2 is 1.70 bits per heavy atom.